The SMILES string of the molecule is CCc1cccc(C)c1NC(=O)C[NH2+][C@H](c1ccccc1)c1ccc(C)cc1. The summed E-state index contributed by atoms with van der Waals surface area (Å²) in [5, 5.41) is 5.24. The molecule has 0 aromatic heterocycles. The van der Waals surface area contributed by atoms with Crippen LogP contribution in [0, 0.1) is 13.8 Å². The van der Waals surface area contributed by atoms with E-state index >= 15 is 0 Å². The van der Waals surface area contributed by atoms with Gasteiger partial charge in [0.05, 0.1) is 0 Å². The number of para-hydroxylation sites is 1. The molecule has 0 fully saturated rings. The molecule has 3 rings (SSSR count). The van der Waals surface area contributed by atoms with E-state index in [0.717, 1.165) is 17.7 Å². The number of nitrogens with one attached hydrogen (secondary N) is 1. The third kappa shape index (κ3) is 4.87. The summed E-state index contributed by atoms with van der Waals surface area (Å²) in [5.41, 5.74) is 6.87. The van der Waals surface area contributed by atoms with Crippen molar-refractivity contribution < 1.29 is 10.1 Å². The molecule has 0 aliphatic rings. The van der Waals surface area contributed by atoms with Crippen LogP contribution in [-0.2, 0) is 11.2 Å². The Balaban J connectivity index is 1.75. The molecule has 0 spiro atoms. The van der Waals surface area contributed by atoms with E-state index in [-0.39, 0.29) is 11.9 Å². The summed E-state index contributed by atoms with van der Waals surface area (Å²) in [5.74, 6) is 0.0250. The van der Waals surface area contributed by atoms with E-state index in [9.17, 15) is 4.79 Å². The molecule has 0 aliphatic heterocycles. The number of anilines is 1. The molecule has 0 saturated heterocycles. The van der Waals surface area contributed by atoms with Gasteiger partial charge in [0.15, 0.2) is 6.54 Å². The molecule has 0 heterocycles. The Morgan fingerprint density at radius 2 is 1.57 bits per heavy atom. The molecule has 3 N–H and O–H groups in total. The average molecular weight is 374 g/mol. The maximum absolute atomic E-state index is 12.7. The second-order valence-electron chi connectivity index (χ2n) is 7.25. The third-order valence-corrected chi connectivity index (χ3v) is 5.14. The van der Waals surface area contributed by atoms with Crippen molar-refractivity contribution in [2.24, 2.45) is 0 Å². The molecule has 3 aromatic rings. The van der Waals surface area contributed by atoms with Gasteiger partial charge < -0.3 is 10.6 Å². The molecular weight excluding hydrogens is 344 g/mol. The van der Waals surface area contributed by atoms with Gasteiger partial charge in [0, 0.05) is 16.8 Å². The second kappa shape index (κ2) is 9.34. The van der Waals surface area contributed by atoms with E-state index in [2.05, 4.69) is 66.9 Å². The minimum Gasteiger partial charge on any atom is -0.328 e. The summed E-state index contributed by atoms with van der Waals surface area (Å²) in [6.07, 6.45) is 0.900. The molecule has 0 bridgehead atoms. The van der Waals surface area contributed by atoms with Gasteiger partial charge in [-0.05, 0) is 31.4 Å². The molecular formula is C25H29N2O+. The quantitative estimate of drug-likeness (QED) is 0.642. The molecule has 144 valence electrons. The zero-order chi connectivity index (χ0) is 19.9. The molecule has 1 atom stereocenters. The van der Waals surface area contributed by atoms with Gasteiger partial charge >= 0.3 is 0 Å². The molecule has 3 aromatic carbocycles. The molecule has 3 nitrogen and oxygen atoms in total. The van der Waals surface area contributed by atoms with Crippen LogP contribution in [0.15, 0.2) is 72.8 Å². The molecule has 0 aliphatic carbocycles. The van der Waals surface area contributed by atoms with Crippen molar-refractivity contribution in [2.45, 2.75) is 33.2 Å². The van der Waals surface area contributed by atoms with E-state index < -0.39 is 0 Å². The molecule has 0 saturated carbocycles. The van der Waals surface area contributed by atoms with Crippen LogP contribution in [0.3, 0.4) is 0 Å². The lowest BCUT2D eigenvalue weighted by Crippen LogP contribution is -2.87. The van der Waals surface area contributed by atoms with Crippen LogP contribution in [0.5, 0.6) is 0 Å². The Morgan fingerprint density at radius 3 is 2.25 bits per heavy atom. The molecule has 3 heteroatoms. The topological polar surface area (TPSA) is 45.7 Å². The zero-order valence-corrected chi connectivity index (χ0v) is 16.9. The number of aryl methyl sites for hydroxylation is 3. The van der Waals surface area contributed by atoms with Gasteiger partial charge in [-0.15, -0.1) is 0 Å². The first-order valence-corrected chi connectivity index (χ1v) is 9.91. The average Bonchev–Trinajstić information content (AvgIpc) is 2.72. The summed E-state index contributed by atoms with van der Waals surface area (Å²) in [7, 11) is 0. The minimum atomic E-state index is 0.0250. The van der Waals surface area contributed by atoms with Crippen LogP contribution in [0.4, 0.5) is 5.69 Å². The van der Waals surface area contributed by atoms with Crippen molar-refractivity contribution in [1.29, 1.82) is 0 Å². The van der Waals surface area contributed by atoms with E-state index in [0.29, 0.717) is 6.54 Å². The van der Waals surface area contributed by atoms with Crippen LogP contribution < -0.4 is 10.6 Å². The number of carbonyl (C=O) groups is 1. The maximum atomic E-state index is 12.7. The fraction of sp³-hybridized carbons (Fsp3) is 0.240. The number of benzene rings is 3. The Bertz CT molecular complexity index is 917. The number of rotatable bonds is 7. The summed E-state index contributed by atoms with van der Waals surface area (Å²) in [4.78, 5) is 12.7. The second-order valence-corrected chi connectivity index (χ2v) is 7.25. The summed E-state index contributed by atoms with van der Waals surface area (Å²) >= 11 is 0. The number of hydrogen-bond donors (Lipinski definition) is 2. The Kier molecular flexibility index (Phi) is 6.62. The molecule has 28 heavy (non-hydrogen) atoms. The van der Waals surface area contributed by atoms with Crippen molar-refractivity contribution in [3.05, 3.63) is 101 Å². The number of amides is 1. The molecule has 0 radical (unpaired) electrons. The minimum absolute atomic E-state index is 0.0250. The van der Waals surface area contributed by atoms with Crippen LogP contribution in [0.2, 0.25) is 0 Å². The van der Waals surface area contributed by atoms with Crippen molar-refractivity contribution in [3.63, 3.8) is 0 Å². The highest BCUT2D eigenvalue weighted by atomic mass is 16.1. The smallest absolute Gasteiger partial charge is 0.279 e. The highest BCUT2D eigenvalue weighted by molar-refractivity contribution is 5.93. The van der Waals surface area contributed by atoms with Crippen molar-refractivity contribution in [1.82, 2.24) is 0 Å². The highest BCUT2D eigenvalue weighted by Crippen LogP contribution is 2.21. The fourth-order valence-corrected chi connectivity index (χ4v) is 3.52. The Hall–Kier alpha value is -2.91. The summed E-state index contributed by atoms with van der Waals surface area (Å²) in [6, 6.07) is 25.2. The predicted molar refractivity (Wildman–Crippen MR) is 115 cm³/mol. The van der Waals surface area contributed by atoms with Crippen molar-refractivity contribution >= 4 is 11.6 Å². The van der Waals surface area contributed by atoms with Crippen molar-refractivity contribution in [3.8, 4) is 0 Å². The number of carbonyl (C=O) groups excluding carboxylic acids is 1. The predicted octanol–water partition coefficient (Wildman–Crippen LogP) is 4.16. The van der Waals surface area contributed by atoms with Gasteiger partial charge in [-0.25, -0.2) is 0 Å². The van der Waals surface area contributed by atoms with Crippen LogP contribution in [-0.4, -0.2) is 12.5 Å². The number of nitrogens with two attached hydrogens (primary N) is 1. The summed E-state index contributed by atoms with van der Waals surface area (Å²) in [6.45, 7) is 6.61. The largest absolute Gasteiger partial charge is 0.328 e. The van der Waals surface area contributed by atoms with Gasteiger partial charge in [-0.1, -0.05) is 85.3 Å². The lowest BCUT2D eigenvalue weighted by Gasteiger charge is -2.18. The third-order valence-electron chi connectivity index (χ3n) is 5.14. The normalized spacial score (nSPS) is 11.8. The van der Waals surface area contributed by atoms with Crippen LogP contribution in [0.1, 0.15) is 40.8 Å². The first-order chi connectivity index (χ1) is 13.6. The lowest BCUT2D eigenvalue weighted by atomic mass is 9.98. The number of quaternary nitrogens is 1. The van der Waals surface area contributed by atoms with Crippen LogP contribution in [0.25, 0.3) is 0 Å². The fourth-order valence-electron chi connectivity index (χ4n) is 3.52. The molecule has 0 unspecified atom stereocenters. The van der Waals surface area contributed by atoms with Crippen LogP contribution >= 0.6 is 0 Å². The first kappa shape index (κ1) is 19.8. The van der Waals surface area contributed by atoms with Gasteiger partial charge in [-0.3, -0.25) is 4.79 Å². The van der Waals surface area contributed by atoms with E-state index in [1.165, 1.54) is 22.3 Å². The highest BCUT2D eigenvalue weighted by Gasteiger charge is 2.19. The Morgan fingerprint density at radius 1 is 0.893 bits per heavy atom. The van der Waals surface area contributed by atoms with Gasteiger partial charge in [0.25, 0.3) is 5.91 Å². The lowest BCUT2D eigenvalue weighted by molar-refractivity contribution is -0.676. The van der Waals surface area contributed by atoms with Gasteiger partial charge in [0.1, 0.15) is 6.04 Å². The standard InChI is InChI=1S/C25H28N2O/c1-4-20-12-8-9-19(3)24(20)27-23(28)17-26-25(21-10-6-5-7-11-21)22-15-13-18(2)14-16-22/h5-16,25-26H,4,17H2,1-3H3,(H,27,28)/p+1/t25-/m1/s1. The Labute approximate surface area is 167 Å². The summed E-state index contributed by atoms with van der Waals surface area (Å²) < 4.78 is 0. The zero-order valence-electron chi connectivity index (χ0n) is 16.9. The maximum Gasteiger partial charge on any atom is 0.279 e. The molecule has 1 amide bonds. The van der Waals surface area contributed by atoms with Gasteiger partial charge in [0.2, 0.25) is 0 Å². The monoisotopic (exact) mass is 373 g/mol. The van der Waals surface area contributed by atoms with E-state index in [4.69, 9.17) is 0 Å². The van der Waals surface area contributed by atoms with Crippen molar-refractivity contribution in [2.75, 3.05) is 11.9 Å². The van der Waals surface area contributed by atoms with E-state index in [1.54, 1.807) is 0 Å². The first-order valence-electron chi connectivity index (χ1n) is 9.91. The van der Waals surface area contributed by atoms with E-state index in [1.807, 2.05) is 37.3 Å². The number of hydrogen-bond acceptors (Lipinski definition) is 1. The van der Waals surface area contributed by atoms with Gasteiger partial charge in [-0.2, -0.15) is 0 Å².